The van der Waals surface area contributed by atoms with Crippen LogP contribution in [0.3, 0.4) is 0 Å². The van der Waals surface area contributed by atoms with Crippen LogP contribution in [0.4, 0.5) is 0 Å². The Balaban J connectivity index is 2.00. The highest BCUT2D eigenvalue weighted by atomic mass is 16.4. The molecule has 1 fully saturated rings. The molecule has 0 heterocycles. The molecule has 0 aromatic carbocycles. The fraction of sp³-hybridized carbons (Fsp3) is 0.929. The molecule has 1 saturated carbocycles. The fourth-order valence-corrected chi connectivity index (χ4v) is 2.59. The molecule has 0 aromatic rings. The van der Waals surface area contributed by atoms with Crippen molar-refractivity contribution < 1.29 is 15.0 Å². The lowest BCUT2D eigenvalue weighted by atomic mass is 9.94. The molecular formula is C14H27NO3. The van der Waals surface area contributed by atoms with E-state index in [4.69, 9.17) is 5.11 Å². The maximum Gasteiger partial charge on any atom is 0.303 e. The van der Waals surface area contributed by atoms with Crippen LogP contribution in [-0.4, -0.2) is 34.9 Å². The molecule has 0 amide bonds. The molecule has 106 valence electrons. The molecule has 0 aromatic heterocycles. The van der Waals surface area contributed by atoms with E-state index in [-0.39, 0.29) is 6.42 Å². The first-order valence-electron chi connectivity index (χ1n) is 7.27. The maximum absolute atomic E-state index is 10.4. The number of aliphatic carboxylic acids is 1. The van der Waals surface area contributed by atoms with E-state index < -0.39 is 11.6 Å². The lowest BCUT2D eigenvalue weighted by Crippen LogP contribution is -2.40. The summed E-state index contributed by atoms with van der Waals surface area (Å²) in [7, 11) is 0. The van der Waals surface area contributed by atoms with Crippen molar-refractivity contribution in [2.45, 2.75) is 69.8 Å². The van der Waals surface area contributed by atoms with E-state index in [9.17, 15) is 9.90 Å². The Morgan fingerprint density at radius 2 is 1.72 bits per heavy atom. The molecule has 0 saturated heterocycles. The van der Waals surface area contributed by atoms with Crippen molar-refractivity contribution in [1.82, 2.24) is 5.32 Å². The zero-order valence-electron chi connectivity index (χ0n) is 11.3. The Morgan fingerprint density at radius 1 is 1.06 bits per heavy atom. The van der Waals surface area contributed by atoms with Crippen molar-refractivity contribution in [1.29, 1.82) is 0 Å². The third kappa shape index (κ3) is 6.97. The van der Waals surface area contributed by atoms with Gasteiger partial charge in [0.1, 0.15) is 0 Å². The summed E-state index contributed by atoms with van der Waals surface area (Å²) in [6, 6.07) is 0. The molecule has 4 heteroatoms. The lowest BCUT2D eigenvalue weighted by Gasteiger charge is -2.27. The predicted octanol–water partition coefficient (Wildman–Crippen LogP) is 2.31. The van der Waals surface area contributed by atoms with E-state index in [1.807, 2.05) is 0 Å². The van der Waals surface area contributed by atoms with Gasteiger partial charge in [-0.3, -0.25) is 4.79 Å². The van der Waals surface area contributed by atoms with Crippen LogP contribution < -0.4 is 5.32 Å². The molecule has 4 nitrogen and oxygen atoms in total. The van der Waals surface area contributed by atoms with E-state index in [0.29, 0.717) is 6.54 Å². The topological polar surface area (TPSA) is 69.6 Å². The lowest BCUT2D eigenvalue weighted by molar-refractivity contribution is -0.137. The Kier molecular flexibility index (Phi) is 7.28. The molecule has 0 spiro atoms. The van der Waals surface area contributed by atoms with Gasteiger partial charge in [-0.2, -0.15) is 0 Å². The minimum Gasteiger partial charge on any atom is -0.481 e. The molecule has 18 heavy (non-hydrogen) atoms. The average molecular weight is 257 g/mol. The molecule has 0 atom stereocenters. The van der Waals surface area contributed by atoms with Crippen molar-refractivity contribution in [3.05, 3.63) is 0 Å². The summed E-state index contributed by atoms with van der Waals surface area (Å²) in [4.78, 5) is 10.3. The van der Waals surface area contributed by atoms with Gasteiger partial charge in [0.25, 0.3) is 0 Å². The molecule has 0 aliphatic heterocycles. The van der Waals surface area contributed by atoms with Crippen LogP contribution in [0.15, 0.2) is 0 Å². The fourth-order valence-electron chi connectivity index (χ4n) is 2.59. The molecule has 1 rings (SSSR count). The van der Waals surface area contributed by atoms with Crippen molar-refractivity contribution in [3.8, 4) is 0 Å². The summed E-state index contributed by atoms with van der Waals surface area (Å²) in [6.07, 6.45) is 9.55. The van der Waals surface area contributed by atoms with Crippen molar-refractivity contribution >= 4 is 5.97 Å². The van der Waals surface area contributed by atoms with Crippen molar-refractivity contribution in [2.24, 2.45) is 0 Å². The standard InChI is InChI=1S/C14H27NO3/c16-13(17)8-4-3-7-11-15-12-14(18)9-5-1-2-6-10-14/h15,18H,1-12H2,(H,16,17). The second kappa shape index (κ2) is 8.48. The van der Waals surface area contributed by atoms with E-state index in [1.165, 1.54) is 12.8 Å². The number of carboxylic acids is 1. The highest BCUT2D eigenvalue weighted by Crippen LogP contribution is 2.26. The number of unbranched alkanes of at least 4 members (excludes halogenated alkanes) is 2. The summed E-state index contributed by atoms with van der Waals surface area (Å²) < 4.78 is 0. The van der Waals surface area contributed by atoms with Gasteiger partial charge in [0.2, 0.25) is 0 Å². The summed E-state index contributed by atoms with van der Waals surface area (Å²) >= 11 is 0. The number of hydrogen-bond donors (Lipinski definition) is 3. The normalized spacial score (nSPS) is 19.4. The van der Waals surface area contributed by atoms with Crippen molar-refractivity contribution in [3.63, 3.8) is 0 Å². The van der Waals surface area contributed by atoms with E-state index in [1.54, 1.807) is 0 Å². The van der Waals surface area contributed by atoms with E-state index >= 15 is 0 Å². The number of rotatable bonds is 8. The van der Waals surface area contributed by atoms with Gasteiger partial charge in [0.15, 0.2) is 0 Å². The monoisotopic (exact) mass is 257 g/mol. The van der Waals surface area contributed by atoms with Crippen molar-refractivity contribution in [2.75, 3.05) is 13.1 Å². The molecule has 0 radical (unpaired) electrons. The summed E-state index contributed by atoms with van der Waals surface area (Å²) in [5.41, 5.74) is -0.502. The van der Waals surface area contributed by atoms with E-state index in [2.05, 4.69) is 5.32 Å². The molecule has 0 unspecified atom stereocenters. The quantitative estimate of drug-likeness (QED) is 0.461. The average Bonchev–Trinajstić information content (AvgIpc) is 2.53. The molecule has 1 aliphatic carbocycles. The maximum atomic E-state index is 10.4. The first-order valence-corrected chi connectivity index (χ1v) is 7.27. The summed E-state index contributed by atoms with van der Waals surface area (Å²) in [5, 5.41) is 22.2. The van der Waals surface area contributed by atoms with Gasteiger partial charge in [-0.15, -0.1) is 0 Å². The second-order valence-electron chi connectivity index (χ2n) is 5.52. The first kappa shape index (κ1) is 15.4. The minimum atomic E-state index is -0.712. The van der Waals surface area contributed by atoms with E-state index in [0.717, 1.165) is 51.5 Å². The zero-order valence-corrected chi connectivity index (χ0v) is 11.3. The SMILES string of the molecule is O=C(O)CCCCCNCC1(O)CCCCCC1. The van der Waals surface area contributed by atoms with Crippen LogP contribution in [0.2, 0.25) is 0 Å². The molecular weight excluding hydrogens is 230 g/mol. The van der Waals surface area contributed by atoms with Crippen LogP contribution in [-0.2, 0) is 4.79 Å². The highest BCUT2D eigenvalue weighted by molar-refractivity contribution is 5.66. The van der Waals surface area contributed by atoms with Gasteiger partial charge in [0.05, 0.1) is 5.60 Å². The van der Waals surface area contributed by atoms with Gasteiger partial charge >= 0.3 is 5.97 Å². The van der Waals surface area contributed by atoms with Crippen LogP contribution in [0, 0.1) is 0 Å². The van der Waals surface area contributed by atoms with Gasteiger partial charge in [-0.1, -0.05) is 32.1 Å². The Labute approximate surface area is 110 Å². The Bertz CT molecular complexity index is 235. The summed E-state index contributed by atoms with van der Waals surface area (Å²) in [5.74, 6) is -0.712. The number of carbonyl (C=O) groups is 1. The van der Waals surface area contributed by atoms with Gasteiger partial charge in [-0.05, 0) is 32.2 Å². The molecule has 3 N–H and O–H groups in total. The van der Waals surface area contributed by atoms with Gasteiger partial charge in [0, 0.05) is 13.0 Å². The van der Waals surface area contributed by atoms with Crippen LogP contribution in [0.1, 0.15) is 64.2 Å². The third-order valence-electron chi connectivity index (χ3n) is 3.73. The van der Waals surface area contributed by atoms with Crippen LogP contribution in [0.5, 0.6) is 0 Å². The zero-order chi connectivity index (χ0) is 13.3. The highest BCUT2D eigenvalue weighted by Gasteiger charge is 2.26. The summed E-state index contributed by atoms with van der Waals surface area (Å²) in [6.45, 7) is 1.56. The van der Waals surface area contributed by atoms with Crippen LogP contribution in [0.25, 0.3) is 0 Å². The Morgan fingerprint density at radius 3 is 2.33 bits per heavy atom. The number of aliphatic hydroxyl groups is 1. The minimum absolute atomic E-state index is 0.268. The predicted molar refractivity (Wildman–Crippen MR) is 71.6 cm³/mol. The van der Waals surface area contributed by atoms with Crippen LogP contribution >= 0.6 is 0 Å². The smallest absolute Gasteiger partial charge is 0.303 e. The first-order chi connectivity index (χ1) is 8.62. The number of nitrogens with one attached hydrogen (secondary N) is 1. The van der Waals surface area contributed by atoms with Gasteiger partial charge in [-0.25, -0.2) is 0 Å². The second-order valence-corrected chi connectivity index (χ2v) is 5.52. The molecule has 1 aliphatic rings. The number of carboxylic acid groups (broad SMARTS) is 1. The third-order valence-corrected chi connectivity index (χ3v) is 3.73. The van der Waals surface area contributed by atoms with Gasteiger partial charge < -0.3 is 15.5 Å². The Hall–Kier alpha value is -0.610. The largest absolute Gasteiger partial charge is 0.481 e. The number of hydrogen-bond acceptors (Lipinski definition) is 3. The molecule has 0 bridgehead atoms.